The molecular weight excluding hydrogens is 224 g/mol. The topological polar surface area (TPSA) is 66.6 Å². The van der Waals surface area contributed by atoms with Crippen molar-refractivity contribution in [2.45, 2.75) is 18.9 Å². The minimum absolute atomic E-state index is 0.0311. The molecule has 0 aromatic carbocycles. The summed E-state index contributed by atoms with van der Waals surface area (Å²) in [6.45, 7) is 1.53. The van der Waals surface area contributed by atoms with Gasteiger partial charge in [-0.25, -0.2) is 0 Å². The number of aliphatic carboxylic acids is 1. The number of carbonyl (C=O) groups is 1. The van der Waals surface area contributed by atoms with E-state index in [0.29, 0.717) is 6.54 Å². The summed E-state index contributed by atoms with van der Waals surface area (Å²) >= 11 is 1.74. The zero-order valence-corrected chi connectivity index (χ0v) is 10.2. The van der Waals surface area contributed by atoms with Crippen molar-refractivity contribution in [3.05, 3.63) is 22.4 Å². The second kappa shape index (κ2) is 6.62. The first-order valence-electron chi connectivity index (χ1n) is 5.26. The summed E-state index contributed by atoms with van der Waals surface area (Å²) in [6, 6.07) is 3.86. The molecule has 1 rings (SSSR count). The average Bonchev–Trinajstić information content (AvgIpc) is 2.65. The lowest BCUT2D eigenvalue weighted by molar-refractivity contribution is -0.137. The van der Waals surface area contributed by atoms with Crippen LogP contribution in [0.25, 0.3) is 0 Å². The highest BCUT2D eigenvalue weighted by atomic mass is 32.1. The van der Waals surface area contributed by atoms with Crippen LogP contribution in [0, 0.1) is 0 Å². The van der Waals surface area contributed by atoms with Gasteiger partial charge in [0, 0.05) is 24.0 Å². The zero-order chi connectivity index (χ0) is 12.0. The molecule has 1 unspecified atom stereocenters. The quantitative estimate of drug-likeness (QED) is 0.749. The summed E-state index contributed by atoms with van der Waals surface area (Å²) < 4.78 is 0. The molecule has 3 N–H and O–H groups in total. The van der Waals surface area contributed by atoms with Gasteiger partial charge >= 0.3 is 5.97 Å². The first-order chi connectivity index (χ1) is 7.58. The van der Waals surface area contributed by atoms with E-state index in [1.54, 1.807) is 11.3 Å². The summed E-state index contributed by atoms with van der Waals surface area (Å²) in [6.07, 6.45) is 1.03. The van der Waals surface area contributed by atoms with Crippen molar-refractivity contribution in [1.29, 1.82) is 0 Å². The van der Waals surface area contributed by atoms with Crippen molar-refractivity contribution >= 4 is 17.3 Å². The summed E-state index contributed by atoms with van der Waals surface area (Å²) in [4.78, 5) is 13.9. The highest BCUT2D eigenvalue weighted by Gasteiger charge is 2.10. The van der Waals surface area contributed by atoms with E-state index >= 15 is 0 Å². The molecule has 0 amide bonds. The predicted molar refractivity (Wildman–Crippen MR) is 65.7 cm³/mol. The van der Waals surface area contributed by atoms with Crippen molar-refractivity contribution in [1.82, 2.24) is 4.90 Å². The van der Waals surface area contributed by atoms with Gasteiger partial charge in [0.25, 0.3) is 0 Å². The highest BCUT2D eigenvalue weighted by molar-refractivity contribution is 7.09. The number of rotatable bonds is 7. The molecule has 0 radical (unpaired) electrons. The number of nitrogens with zero attached hydrogens (tertiary/aromatic N) is 1. The van der Waals surface area contributed by atoms with E-state index < -0.39 is 5.97 Å². The molecule has 0 spiro atoms. The van der Waals surface area contributed by atoms with Crippen LogP contribution in [0.2, 0.25) is 0 Å². The van der Waals surface area contributed by atoms with Crippen LogP contribution in [0.1, 0.15) is 11.3 Å². The third-order valence-corrected chi connectivity index (χ3v) is 3.24. The number of carboxylic acids is 1. The molecule has 5 heteroatoms. The van der Waals surface area contributed by atoms with Gasteiger partial charge in [-0.05, 0) is 24.9 Å². The Morgan fingerprint density at radius 1 is 1.69 bits per heavy atom. The number of likely N-dealkylation sites (N-methyl/N-ethyl adjacent to an activating group) is 1. The second-order valence-electron chi connectivity index (χ2n) is 3.95. The Bertz CT molecular complexity index is 314. The van der Waals surface area contributed by atoms with E-state index in [4.69, 9.17) is 10.8 Å². The van der Waals surface area contributed by atoms with Crippen molar-refractivity contribution in [2.24, 2.45) is 5.73 Å². The maximum absolute atomic E-state index is 10.4. The fraction of sp³-hybridized carbons (Fsp3) is 0.545. The molecular formula is C11H18N2O2S. The Morgan fingerprint density at radius 2 is 2.44 bits per heavy atom. The lowest BCUT2D eigenvalue weighted by Gasteiger charge is -2.19. The summed E-state index contributed by atoms with van der Waals surface area (Å²) in [5.74, 6) is -0.834. The lowest BCUT2D eigenvalue weighted by Crippen LogP contribution is -2.37. The molecule has 0 saturated carbocycles. The Kier molecular flexibility index (Phi) is 5.45. The molecule has 0 aliphatic heterocycles. The van der Waals surface area contributed by atoms with Gasteiger partial charge in [-0.15, -0.1) is 11.3 Å². The molecule has 0 saturated heterocycles. The summed E-state index contributed by atoms with van der Waals surface area (Å²) in [5, 5.41) is 10.6. The van der Waals surface area contributed by atoms with Gasteiger partial charge in [-0.3, -0.25) is 4.79 Å². The first-order valence-corrected chi connectivity index (χ1v) is 6.14. The van der Waals surface area contributed by atoms with Crippen LogP contribution < -0.4 is 5.73 Å². The molecule has 1 aromatic heterocycles. The minimum Gasteiger partial charge on any atom is -0.481 e. The van der Waals surface area contributed by atoms with E-state index in [2.05, 4.69) is 16.3 Å². The monoisotopic (exact) mass is 242 g/mol. The second-order valence-corrected chi connectivity index (χ2v) is 4.98. The number of nitrogens with two attached hydrogens (primary N) is 1. The maximum atomic E-state index is 10.4. The van der Waals surface area contributed by atoms with Gasteiger partial charge in [0.05, 0.1) is 6.42 Å². The molecule has 4 nitrogen and oxygen atoms in total. The molecule has 0 bridgehead atoms. The minimum atomic E-state index is -0.834. The van der Waals surface area contributed by atoms with Gasteiger partial charge in [-0.2, -0.15) is 0 Å². The molecule has 0 fully saturated rings. The van der Waals surface area contributed by atoms with Crippen LogP contribution in [0.3, 0.4) is 0 Å². The van der Waals surface area contributed by atoms with Crippen LogP contribution in [0.4, 0.5) is 0 Å². The van der Waals surface area contributed by atoms with Crippen LogP contribution in [-0.2, 0) is 11.2 Å². The van der Waals surface area contributed by atoms with E-state index in [0.717, 1.165) is 13.0 Å². The van der Waals surface area contributed by atoms with E-state index in [1.807, 2.05) is 13.1 Å². The molecule has 90 valence electrons. The molecule has 1 heterocycles. The normalized spacial score (nSPS) is 12.9. The zero-order valence-electron chi connectivity index (χ0n) is 9.43. The Hall–Kier alpha value is -0.910. The van der Waals surface area contributed by atoms with E-state index in [1.165, 1.54) is 4.88 Å². The third-order valence-electron chi connectivity index (χ3n) is 2.30. The van der Waals surface area contributed by atoms with Gasteiger partial charge in [-0.1, -0.05) is 6.07 Å². The summed E-state index contributed by atoms with van der Waals surface area (Å²) in [5.41, 5.74) is 5.70. The predicted octanol–water partition coefficient (Wildman–Crippen LogP) is 1.02. The van der Waals surface area contributed by atoms with Crippen LogP contribution in [-0.4, -0.2) is 42.2 Å². The standard InChI is InChI=1S/C11H18N2O2S/c1-13(8-9(12)7-11(14)15)5-4-10-3-2-6-16-10/h2-3,6,9H,4-5,7-8,12H2,1H3,(H,14,15). The van der Waals surface area contributed by atoms with Crippen LogP contribution in [0.5, 0.6) is 0 Å². The van der Waals surface area contributed by atoms with Crippen LogP contribution in [0.15, 0.2) is 17.5 Å². The van der Waals surface area contributed by atoms with Gasteiger partial charge in [0.2, 0.25) is 0 Å². The first kappa shape index (κ1) is 13.2. The average molecular weight is 242 g/mol. The Balaban J connectivity index is 2.20. The molecule has 0 aliphatic rings. The molecule has 16 heavy (non-hydrogen) atoms. The maximum Gasteiger partial charge on any atom is 0.304 e. The van der Waals surface area contributed by atoms with Crippen molar-refractivity contribution in [2.75, 3.05) is 20.1 Å². The van der Waals surface area contributed by atoms with E-state index in [-0.39, 0.29) is 12.5 Å². The number of hydrogen-bond donors (Lipinski definition) is 2. The highest BCUT2D eigenvalue weighted by Crippen LogP contribution is 2.09. The fourth-order valence-electron chi connectivity index (χ4n) is 1.54. The molecule has 0 aliphatic carbocycles. The number of thiophene rings is 1. The molecule has 1 aromatic rings. The van der Waals surface area contributed by atoms with Crippen LogP contribution >= 0.6 is 11.3 Å². The van der Waals surface area contributed by atoms with Gasteiger partial charge in [0.15, 0.2) is 0 Å². The lowest BCUT2D eigenvalue weighted by atomic mass is 10.2. The largest absolute Gasteiger partial charge is 0.481 e. The number of carboxylic acid groups (broad SMARTS) is 1. The van der Waals surface area contributed by atoms with Gasteiger partial charge in [0.1, 0.15) is 0 Å². The Morgan fingerprint density at radius 3 is 3.00 bits per heavy atom. The Labute approximate surface area is 99.7 Å². The van der Waals surface area contributed by atoms with Crippen molar-refractivity contribution < 1.29 is 9.90 Å². The summed E-state index contributed by atoms with van der Waals surface area (Å²) in [7, 11) is 1.97. The van der Waals surface area contributed by atoms with E-state index in [9.17, 15) is 4.79 Å². The third kappa shape index (κ3) is 5.25. The smallest absolute Gasteiger partial charge is 0.304 e. The van der Waals surface area contributed by atoms with Crippen molar-refractivity contribution in [3.63, 3.8) is 0 Å². The fourth-order valence-corrected chi connectivity index (χ4v) is 2.23. The molecule has 1 atom stereocenters. The number of hydrogen-bond acceptors (Lipinski definition) is 4. The van der Waals surface area contributed by atoms with Gasteiger partial charge < -0.3 is 15.7 Å². The van der Waals surface area contributed by atoms with Crippen molar-refractivity contribution in [3.8, 4) is 0 Å². The SMILES string of the molecule is CN(CCc1cccs1)CC(N)CC(=O)O.